The number of benzene rings is 2. The van der Waals surface area contributed by atoms with Crippen molar-refractivity contribution >= 4 is 44.3 Å². The third kappa shape index (κ3) is 8.30. The molecule has 1 aliphatic carbocycles. The summed E-state index contributed by atoms with van der Waals surface area (Å²) < 4.78 is 6.08. The van der Waals surface area contributed by atoms with Gasteiger partial charge < -0.3 is 9.52 Å². The summed E-state index contributed by atoms with van der Waals surface area (Å²) in [5.74, 6) is 1.62. The van der Waals surface area contributed by atoms with Crippen molar-refractivity contribution in [2.45, 2.75) is 113 Å². The average Bonchev–Trinajstić information content (AvgIpc) is 3.68. The van der Waals surface area contributed by atoms with E-state index in [-0.39, 0.29) is 47.9 Å². The number of aliphatic hydroxyl groups is 1. The smallest absolute Gasteiger partial charge is 0.219 e. The largest absolute Gasteiger partial charge is 0.512 e. The number of fused-ring (bicyclic) bond motifs is 3. The van der Waals surface area contributed by atoms with Crippen molar-refractivity contribution in [3.8, 4) is 11.3 Å². The van der Waals surface area contributed by atoms with Gasteiger partial charge in [-0.1, -0.05) is 127 Å². The van der Waals surface area contributed by atoms with E-state index in [1.54, 1.807) is 0 Å². The van der Waals surface area contributed by atoms with E-state index in [4.69, 9.17) is 9.40 Å². The van der Waals surface area contributed by atoms with E-state index in [0.29, 0.717) is 16.9 Å². The second kappa shape index (κ2) is 16.5. The number of nitrogens with zero attached hydrogens (tertiary/aromatic N) is 1. The first kappa shape index (κ1) is 41.6. The minimum atomic E-state index is -0.337. The summed E-state index contributed by atoms with van der Waals surface area (Å²) in [6.45, 7) is 23.2. The molecule has 4 nitrogen and oxygen atoms in total. The summed E-state index contributed by atoms with van der Waals surface area (Å²) in [7, 11) is 0. The predicted octanol–water partition coefficient (Wildman–Crippen LogP) is 13.3. The van der Waals surface area contributed by atoms with Crippen molar-refractivity contribution in [1.29, 1.82) is 0 Å². The molecule has 0 fully saturated rings. The molecular weight excluding hydrogens is 839 g/mol. The minimum absolute atomic E-state index is 0. The molecule has 3 heterocycles. The molecule has 0 saturated carbocycles. The van der Waals surface area contributed by atoms with E-state index in [0.717, 1.165) is 53.5 Å². The van der Waals surface area contributed by atoms with E-state index in [1.807, 2.05) is 60.2 Å². The van der Waals surface area contributed by atoms with Crippen LogP contribution in [0.2, 0.25) is 0 Å². The quantitative estimate of drug-likeness (QED) is 0.103. The third-order valence-electron chi connectivity index (χ3n) is 11.5. The Labute approximate surface area is 329 Å². The molecule has 279 valence electrons. The van der Waals surface area contributed by atoms with Crippen LogP contribution in [-0.2, 0) is 30.3 Å². The summed E-state index contributed by atoms with van der Waals surface area (Å²) in [4.78, 5) is 18.5. The van der Waals surface area contributed by atoms with E-state index in [1.165, 1.54) is 33.1 Å². The van der Waals surface area contributed by atoms with Crippen LogP contribution in [0.5, 0.6) is 0 Å². The van der Waals surface area contributed by atoms with Crippen LogP contribution >= 0.6 is 11.8 Å². The normalized spacial score (nSPS) is 17.6. The number of allylic oxidation sites excluding steroid dienone is 6. The molecule has 0 saturated heterocycles. The van der Waals surface area contributed by atoms with Gasteiger partial charge in [-0.15, -0.1) is 40.9 Å². The fourth-order valence-electron chi connectivity index (χ4n) is 6.88. The van der Waals surface area contributed by atoms with Gasteiger partial charge in [-0.05, 0) is 56.6 Å². The molecule has 0 spiro atoms. The summed E-state index contributed by atoms with van der Waals surface area (Å²) in [6, 6.07) is 18.8. The first-order valence-corrected chi connectivity index (χ1v) is 19.5. The van der Waals surface area contributed by atoms with Gasteiger partial charge in [0.2, 0.25) is 5.71 Å². The molecular formula is C46H56IrNO3S-. The maximum absolute atomic E-state index is 12.2. The Balaban J connectivity index is 0.000000289. The summed E-state index contributed by atoms with van der Waals surface area (Å²) in [5, 5.41) is 14.1. The maximum Gasteiger partial charge on any atom is 0.219 e. The van der Waals surface area contributed by atoms with Gasteiger partial charge in [0.05, 0.1) is 0 Å². The fraction of sp³-hybridized carbons (Fsp3) is 0.435. The Hall–Kier alpha value is -3.18. The number of aromatic nitrogens is 1. The van der Waals surface area contributed by atoms with Crippen LogP contribution < -0.4 is 0 Å². The number of hydrogen-bond donors (Lipinski definition) is 1. The van der Waals surface area contributed by atoms with Crippen LogP contribution in [0.15, 0.2) is 88.6 Å². The van der Waals surface area contributed by atoms with E-state index in [9.17, 15) is 9.90 Å². The zero-order valence-electron chi connectivity index (χ0n) is 32.9. The first-order valence-electron chi connectivity index (χ1n) is 18.6. The Morgan fingerprint density at radius 3 is 2.15 bits per heavy atom. The molecule has 2 atom stereocenters. The number of pyridine rings is 1. The van der Waals surface area contributed by atoms with Crippen molar-refractivity contribution in [3.05, 3.63) is 107 Å². The number of hydrogen-bond acceptors (Lipinski definition) is 5. The fourth-order valence-corrected chi connectivity index (χ4v) is 8.38. The number of carbonyl (C=O) groups is 1. The van der Waals surface area contributed by atoms with Crippen LogP contribution in [0, 0.1) is 29.7 Å². The summed E-state index contributed by atoms with van der Waals surface area (Å²) >= 11 is 1.96. The average molecular weight is 895 g/mol. The molecule has 0 amide bonds. The van der Waals surface area contributed by atoms with Gasteiger partial charge in [0, 0.05) is 64.2 Å². The molecule has 1 radical (unpaired) electrons. The molecule has 2 unspecified atom stereocenters. The molecule has 1 N–H and O–H groups in total. The Morgan fingerprint density at radius 1 is 0.904 bits per heavy atom. The Bertz CT molecular complexity index is 2050. The minimum Gasteiger partial charge on any atom is -0.512 e. The molecule has 6 heteroatoms. The van der Waals surface area contributed by atoms with Crippen LogP contribution in [0.3, 0.4) is 0 Å². The zero-order valence-corrected chi connectivity index (χ0v) is 36.1. The molecule has 2 aromatic carbocycles. The SMILES string of the molecule is CC1=C(c2cc(-c3[c-]c4ccccc4c(C(C)(C)C)c3)nc3oc(C)cc23)SC2C=CC=CC12.CCC(C)(CC)C(=O)/C=C(\O)C(C)(CC)CC.[Ir]. The van der Waals surface area contributed by atoms with Crippen molar-refractivity contribution in [2.75, 3.05) is 0 Å². The van der Waals surface area contributed by atoms with E-state index >= 15 is 0 Å². The second-order valence-electron chi connectivity index (χ2n) is 15.8. The van der Waals surface area contributed by atoms with Crippen LogP contribution in [0.4, 0.5) is 0 Å². The van der Waals surface area contributed by atoms with Crippen molar-refractivity contribution in [3.63, 3.8) is 0 Å². The number of rotatable bonds is 9. The van der Waals surface area contributed by atoms with Gasteiger partial charge in [-0.25, -0.2) is 0 Å². The third-order valence-corrected chi connectivity index (χ3v) is 13.0. The zero-order chi connectivity index (χ0) is 37.3. The van der Waals surface area contributed by atoms with Crippen molar-refractivity contribution < 1.29 is 34.4 Å². The molecule has 0 bridgehead atoms. The topological polar surface area (TPSA) is 63.3 Å². The Morgan fingerprint density at radius 2 is 1.54 bits per heavy atom. The van der Waals surface area contributed by atoms with Gasteiger partial charge in [0.25, 0.3) is 0 Å². The predicted molar refractivity (Wildman–Crippen MR) is 218 cm³/mol. The Kier molecular flexibility index (Phi) is 13.2. The van der Waals surface area contributed by atoms with Gasteiger partial charge >= 0.3 is 0 Å². The van der Waals surface area contributed by atoms with Gasteiger partial charge in [0.1, 0.15) is 11.5 Å². The van der Waals surface area contributed by atoms with Gasteiger partial charge in [0.15, 0.2) is 5.78 Å². The molecule has 4 aromatic rings. The van der Waals surface area contributed by atoms with Gasteiger partial charge in [-0.2, -0.15) is 0 Å². The monoisotopic (exact) mass is 895 g/mol. The van der Waals surface area contributed by atoms with Crippen LogP contribution in [-0.4, -0.2) is 21.1 Å². The molecule has 2 aliphatic rings. The molecule has 2 aromatic heterocycles. The van der Waals surface area contributed by atoms with Crippen LogP contribution in [0.1, 0.15) is 112 Å². The number of aliphatic hydroxyl groups excluding tert-OH is 1. The second-order valence-corrected chi connectivity index (χ2v) is 17.0. The first-order chi connectivity index (χ1) is 24.1. The van der Waals surface area contributed by atoms with E-state index < -0.39 is 0 Å². The number of carbonyl (C=O) groups excluding carboxylic acids is 1. The van der Waals surface area contributed by atoms with Crippen LogP contribution in [0.25, 0.3) is 38.0 Å². The summed E-state index contributed by atoms with van der Waals surface area (Å²) in [6.07, 6.45) is 13.7. The van der Waals surface area contributed by atoms with Crippen molar-refractivity contribution in [1.82, 2.24) is 4.98 Å². The maximum atomic E-state index is 12.2. The van der Waals surface area contributed by atoms with Crippen molar-refractivity contribution in [2.24, 2.45) is 16.7 Å². The molecule has 6 rings (SSSR count). The number of aryl methyl sites for hydroxylation is 1. The van der Waals surface area contributed by atoms with E-state index in [2.05, 4.69) is 101 Å². The summed E-state index contributed by atoms with van der Waals surface area (Å²) in [5.41, 5.74) is 5.98. The van der Waals surface area contributed by atoms with Gasteiger partial charge in [-0.3, -0.25) is 9.78 Å². The standard InChI is InChI=1S/C31H28NOS.C15H28O2.Ir/c1-18-14-25-24(29-19(2)22-11-8-9-13-28(22)34-29)17-27(32-30(25)33-18)21-15-20-10-6-7-12-23(20)26(16-21)31(3,4)5;1-7-14(5,8-2)12(16)11-13(17)15(6,9-3)10-4;/h6-14,16-17,22,28H,1-5H3;11,16H,7-10H2,1-6H3;/q-1;;/b;12-11-;. The number of ketones is 1. The number of furan rings is 1. The molecule has 52 heavy (non-hydrogen) atoms. The number of thioether (sulfide) groups is 1. The molecule has 1 aliphatic heterocycles.